The molecule has 3 aromatic rings. The van der Waals surface area contributed by atoms with Crippen molar-refractivity contribution in [1.29, 1.82) is 0 Å². The van der Waals surface area contributed by atoms with Gasteiger partial charge >= 0.3 is 0 Å². The zero-order chi connectivity index (χ0) is 12.0. The van der Waals surface area contributed by atoms with Gasteiger partial charge in [-0.3, -0.25) is 9.78 Å². The van der Waals surface area contributed by atoms with Crippen LogP contribution >= 0.6 is 0 Å². The van der Waals surface area contributed by atoms with Crippen molar-refractivity contribution in [2.45, 2.75) is 6.92 Å². The first-order chi connectivity index (χ1) is 8.18. The number of hydrogen-bond acceptors (Lipinski definition) is 4. The summed E-state index contributed by atoms with van der Waals surface area (Å²) in [5.74, 6) is 6.10. The number of aromatic nitrogens is 3. The summed E-state index contributed by atoms with van der Waals surface area (Å²) in [5.41, 5.74) is 1.24. The highest BCUT2D eigenvalue weighted by Gasteiger charge is 2.08. The maximum Gasteiger partial charge on any atom is 0.279 e. The lowest BCUT2D eigenvalue weighted by Crippen LogP contribution is -2.30. The molecule has 2 heterocycles. The molecule has 0 radical (unpaired) electrons. The molecule has 2 N–H and O–H groups in total. The SMILES string of the molecule is Cc1nc2c(ccc3ncccc32)c(=O)n1N. The van der Waals surface area contributed by atoms with Crippen LogP contribution in [0.2, 0.25) is 0 Å². The lowest BCUT2D eigenvalue weighted by Gasteiger charge is -2.06. The average molecular weight is 226 g/mol. The van der Waals surface area contributed by atoms with Gasteiger partial charge in [0, 0.05) is 11.6 Å². The number of benzene rings is 1. The molecule has 0 bridgehead atoms. The third-order valence-electron chi connectivity index (χ3n) is 2.83. The molecule has 17 heavy (non-hydrogen) atoms. The van der Waals surface area contributed by atoms with Crippen molar-refractivity contribution in [2.75, 3.05) is 5.84 Å². The normalized spacial score (nSPS) is 11.1. The number of rotatable bonds is 0. The van der Waals surface area contributed by atoms with Crippen LogP contribution in [0.15, 0.2) is 35.3 Å². The minimum atomic E-state index is -0.238. The lowest BCUT2D eigenvalue weighted by atomic mass is 10.1. The Morgan fingerprint density at radius 3 is 2.88 bits per heavy atom. The maximum absolute atomic E-state index is 12.0. The molecule has 0 spiro atoms. The van der Waals surface area contributed by atoms with Crippen LogP contribution in [-0.2, 0) is 0 Å². The molecule has 0 saturated heterocycles. The Labute approximate surface area is 96.5 Å². The zero-order valence-corrected chi connectivity index (χ0v) is 9.21. The molecule has 0 aliphatic carbocycles. The van der Waals surface area contributed by atoms with Crippen LogP contribution in [0.25, 0.3) is 21.8 Å². The summed E-state index contributed by atoms with van der Waals surface area (Å²) in [5, 5.41) is 1.38. The first-order valence-corrected chi connectivity index (χ1v) is 5.20. The van der Waals surface area contributed by atoms with Crippen LogP contribution < -0.4 is 11.4 Å². The molecule has 0 saturated carbocycles. The molecule has 84 valence electrons. The Hall–Kier alpha value is -2.43. The fourth-order valence-corrected chi connectivity index (χ4v) is 1.92. The van der Waals surface area contributed by atoms with E-state index in [2.05, 4.69) is 9.97 Å². The first-order valence-electron chi connectivity index (χ1n) is 5.20. The molecular formula is C12H10N4O. The highest BCUT2D eigenvalue weighted by molar-refractivity contribution is 6.03. The molecule has 0 fully saturated rings. The van der Waals surface area contributed by atoms with Crippen molar-refractivity contribution in [3.8, 4) is 0 Å². The number of nitrogens with two attached hydrogens (primary N) is 1. The minimum Gasteiger partial charge on any atom is -0.335 e. The third-order valence-corrected chi connectivity index (χ3v) is 2.83. The molecule has 5 nitrogen and oxygen atoms in total. The summed E-state index contributed by atoms with van der Waals surface area (Å²) in [7, 11) is 0. The van der Waals surface area contributed by atoms with Crippen molar-refractivity contribution in [1.82, 2.24) is 14.6 Å². The third kappa shape index (κ3) is 1.29. The fourth-order valence-electron chi connectivity index (χ4n) is 1.92. The van der Waals surface area contributed by atoms with E-state index in [0.717, 1.165) is 15.6 Å². The fraction of sp³-hybridized carbons (Fsp3) is 0.0833. The quantitative estimate of drug-likeness (QED) is 0.458. The summed E-state index contributed by atoms with van der Waals surface area (Å²) in [6, 6.07) is 7.24. The summed E-state index contributed by atoms with van der Waals surface area (Å²) < 4.78 is 1.06. The van der Waals surface area contributed by atoms with Gasteiger partial charge in [-0.15, -0.1) is 0 Å². The topological polar surface area (TPSA) is 73.8 Å². The van der Waals surface area contributed by atoms with E-state index < -0.39 is 0 Å². The van der Waals surface area contributed by atoms with Crippen molar-refractivity contribution in [2.24, 2.45) is 0 Å². The molecule has 0 aliphatic rings. The van der Waals surface area contributed by atoms with Gasteiger partial charge in [0.2, 0.25) is 0 Å². The molecule has 1 aromatic carbocycles. The molecule has 0 aliphatic heterocycles. The predicted octanol–water partition coefficient (Wildman–Crippen LogP) is 0.967. The monoisotopic (exact) mass is 226 g/mol. The van der Waals surface area contributed by atoms with Crippen LogP contribution in [0.4, 0.5) is 0 Å². The van der Waals surface area contributed by atoms with Gasteiger partial charge in [0.25, 0.3) is 5.56 Å². The van der Waals surface area contributed by atoms with Gasteiger partial charge < -0.3 is 5.84 Å². The molecule has 2 aromatic heterocycles. The highest BCUT2D eigenvalue weighted by atomic mass is 16.1. The van der Waals surface area contributed by atoms with Gasteiger partial charge in [-0.25, -0.2) is 9.66 Å². The maximum atomic E-state index is 12.0. The second-order valence-corrected chi connectivity index (χ2v) is 3.87. The Kier molecular flexibility index (Phi) is 1.89. The molecule has 0 unspecified atom stereocenters. The van der Waals surface area contributed by atoms with Crippen LogP contribution in [0, 0.1) is 6.92 Å². The van der Waals surface area contributed by atoms with Crippen LogP contribution in [0.5, 0.6) is 0 Å². The summed E-state index contributed by atoms with van der Waals surface area (Å²) >= 11 is 0. The molecule has 3 rings (SSSR count). The van der Waals surface area contributed by atoms with E-state index in [-0.39, 0.29) is 5.56 Å². The van der Waals surface area contributed by atoms with E-state index in [0.29, 0.717) is 16.7 Å². The molecule has 0 amide bonds. The van der Waals surface area contributed by atoms with Gasteiger partial charge in [-0.05, 0) is 31.2 Å². The number of nitrogen functional groups attached to an aromatic ring is 1. The van der Waals surface area contributed by atoms with Gasteiger partial charge in [0.05, 0.1) is 16.4 Å². The summed E-state index contributed by atoms with van der Waals surface area (Å²) in [6.07, 6.45) is 1.71. The molecule has 5 heteroatoms. The Balaban J connectivity index is 2.64. The van der Waals surface area contributed by atoms with Crippen LogP contribution in [0.3, 0.4) is 0 Å². The van der Waals surface area contributed by atoms with Crippen molar-refractivity contribution in [3.05, 3.63) is 46.6 Å². The number of fused-ring (bicyclic) bond motifs is 3. The van der Waals surface area contributed by atoms with E-state index in [4.69, 9.17) is 5.84 Å². The predicted molar refractivity (Wildman–Crippen MR) is 66.2 cm³/mol. The smallest absolute Gasteiger partial charge is 0.279 e. The van der Waals surface area contributed by atoms with Gasteiger partial charge in [0.15, 0.2) is 0 Å². The standard InChI is InChI=1S/C12H10N4O/c1-7-15-11-8-3-2-6-14-10(8)5-4-9(11)12(17)16(7)13/h2-6H,13H2,1H3. The second-order valence-electron chi connectivity index (χ2n) is 3.87. The largest absolute Gasteiger partial charge is 0.335 e. The molecule has 0 atom stereocenters. The summed E-state index contributed by atoms with van der Waals surface area (Å²) in [4.78, 5) is 20.6. The van der Waals surface area contributed by atoms with Gasteiger partial charge in [-0.2, -0.15) is 0 Å². The number of aryl methyl sites for hydroxylation is 1. The van der Waals surface area contributed by atoms with Crippen molar-refractivity contribution in [3.63, 3.8) is 0 Å². The van der Waals surface area contributed by atoms with E-state index in [9.17, 15) is 4.79 Å². The average Bonchev–Trinajstić information content (AvgIpc) is 2.36. The minimum absolute atomic E-state index is 0.238. The first kappa shape index (κ1) is 9.77. The number of hydrogen-bond donors (Lipinski definition) is 1. The van der Waals surface area contributed by atoms with Crippen LogP contribution in [0.1, 0.15) is 5.82 Å². The van der Waals surface area contributed by atoms with E-state index in [1.165, 1.54) is 0 Å². The number of pyridine rings is 1. The summed E-state index contributed by atoms with van der Waals surface area (Å²) in [6.45, 7) is 1.70. The van der Waals surface area contributed by atoms with E-state index in [1.807, 2.05) is 12.1 Å². The van der Waals surface area contributed by atoms with Crippen molar-refractivity contribution < 1.29 is 0 Å². The zero-order valence-electron chi connectivity index (χ0n) is 9.21. The molecular weight excluding hydrogens is 216 g/mol. The number of nitrogens with zero attached hydrogens (tertiary/aromatic N) is 3. The van der Waals surface area contributed by atoms with E-state index in [1.54, 1.807) is 25.3 Å². The van der Waals surface area contributed by atoms with Crippen LogP contribution in [-0.4, -0.2) is 14.6 Å². The van der Waals surface area contributed by atoms with Crippen molar-refractivity contribution >= 4 is 21.8 Å². The van der Waals surface area contributed by atoms with Gasteiger partial charge in [0.1, 0.15) is 5.82 Å². The second kappa shape index (κ2) is 3.28. The Morgan fingerprint density at radius 1 is 1.24 bits per heavy atom. The highest BCUT2D eigenvalue weighted by Crippen LogP contribution is 2.19. The Bertz CT molecular complexity index is 791. The van der Waals surface area contributed by atoms with E-state index >= 15 is 0 Å². The van der Waals surface area contributed by atoms with Gasteiger partial charge in [-0.1, -0.05) is 0 Å². The lowest BCUT2D eigenvalue weighted by molar-refractivity contribution is 0.853. The Morgan fingerprint density at radius 2 is 2.06 bits per heavy atom.